The fourth-order valence-corrected chi connectivity index (χ4v) is 3.29. The zero-order valence-corrected chi connectivity index (χ0v) is 13.3. The number of likely N-dealkylation sites (N-methyl/N-ethyl adjacent to an activating group) is 1. The minimum atomic E-state index is 0.214. The predicted molar refractivity (Wildman–Crippen MR) is 81.6 cm³/mol. The maximum atomic E-state index is 11.7. The summed E-state index contributed by atoms with van der Waals surface area (Å²) >= 11 is 2.02. The summed E-state index contributed by atoms with van der Waals surface area (Å²) in [5.74, 6) is 0.214. The van der Waals surface area contributed by atoms with Crippen molar-refractivity contribution < 1.29 is 4.79 Å². The van der Waals surface area contributed by atoms with Gasteiger partial charge >= 0.3 is 0 Å². The normalized spacial score (nSPS) is 23.3. The first-order valence-corrected chi connectivity index (χ1v) is 8.48. The summed E-state index contributed by atoms with van der Waals surface area (Å²) in [7, 11) is 3.66. The molecule has 1 aliphatic heterocycles. The minimum absolute atomic E-state index is 0.214. The summed E-state index contributed by atoms with van der Waals surface area (Å²) in [6, 6.07) is 0.648. The lowest BCUT2D eigenvalue weighted by atomic mass is 10.0. The van der Waals surface area contributed by atoms with Gasteiger partial charge in [0.2, 0.25) is 5.91 Å². The van der Waals surface area contributed by atoms with Crippen LogP contribution in [0, 0.1) is 0 Å². The Kier molecular flexibility index (Phi) is 5.15. The largest absolute Gasteiger partial charge is 0.348 e. The molecule has 110 valence electrons. The quantitative estimate of drug-likeness (QED) is 0.790. The lowest BCUT2D eigenvalue weighted by Crippen LogP contribution is -2.47. The molecule has 0 radical (unpaired) electrons. The highest BCUT2D eigenvalue weighted by Crippen LogP contribution is 2.46. The van der Waals surface area contributed by atoms with Gasteiger partial charge in [-0.2, -0.15) is 11.8 Å². The zero-order chi connectivity index (χ0) is 13.9. The van der Waals surface area contributed by atoms with Crippen molar-refractivity contribution in [1.29, 1.82) is 0 Å². The van der Waals surface area contributed by atoms with Gasteiger partial charge in [0.1, 0.15) is 0 Å². The van der Waals surface area contributed by atoms with Crippen LogP contribution < -0.4 is 5.32 Å². The number of amides is 1. The highest BCUT2D eigenvalue weighted by Gasteiger charge is 2.41. The number of hydrogen-bond acceptors (Lipinski definition) is 4. The topological polar surface area (TPSA) is 35.6 Å². The van der Waals surface area contributed by atoms with E-state index in [1.807, 2.05) is 25.9 Å². The Morgan fingerprint density at radius 1 is 1.37 bits per heavy atom. The Bertz CT molecular complexity index is 310. The molecule has 2 rings (SSSR count). The standard InChI is InChI=1S/C14H27N3OS/c1-16(2)13(18)10-17-8-4-12(5-9-17)15-11-14(19-3)6-7-14/h12,15H,4-11H2,1-3H3. The lowest BCUT2D eigenvalue weighted by molar-refractivity contribution is -0.130. The molecular weight excluding hydrogens is 258 g/mol. The lowest BCUT2D eigenvalue weighted by Gasteiger charge is -2.33. The van der Waals surface area contributed by atoms with Gasteiger partial charge in [-0.15, -0.1) is 0 Å². The highest BCUT2D eigenvalue weighted by molar-refractivity contribution is 8.00. The van der Waals surface area contributed by atoms with Crippen LogP contribution in [0.1, 0.15) is 25.7 Å². The number of nitrogens with zero attached hydrogens (tertiary/aromatic N) is 2. The summed E-state index contributed by atoms with van der Waals surface area (Å²) in [6.07, 6.45) is 7.31. The van der Waals surface area contributed by atoms with Gasteiger partial charge < -0.3 is 10.2 Å². The van der Waals surface area contributed by atoms with Crippen LogP contribution in [0.4, 0.5) is 0 Å². The molecule has 4 nitrogen and oxygen atoms in total. The molecule has 1 saturated heterocycles. The van der Waals surface area contributed by atoms with E-state index in [1.165, 1.54) is 25.7 Å². The SMILES string of the molecule is CSC1(CNC2CCN(CC(=O)N(C)C)CC2)CC1. The molecule has 0 aromatic heterocycles. The van der Waals surface area contributed by atoms with Gasteiger partial charge in [0.25, 0.3) is 0 Å². The van der Waals surface area contributed by atoms with Gasteiger partial charge in [0.05, 0.1) is 6.54 Å². The average molecular weight is 285 g/mol. The maximum Gasteiger partial charge on any atom is 0.236 e. The van der Waals surface area contributed by atoms with Crippen LogP contribution in [0.3, 0.4) is 0 Å². The van der Waals surface area contributed by atoms with Gasteiger partial charge in [0.15, 0.2) is 0 Å². The molecule has 0 unspecified atom stereocenters. The van der Waals surface area contributed by atoms with Crippen molar-refractivity contribution in [3.63, 3.8) is 0 Å². The molecule has 1 N–H and O–H groups in total. The fourth-order valence-electron chi connectivity index (χ4n) is 2.55. The van der Waals surface area contributed by atoms with Gasteiger partial charge in [-0.05, 0) is 31.9 Å². The third-order valence-corrected chi connectivity index (χ3v) is 5.82. The molecule has 5 heteroatoms. The first kappa shape index (κ1) is 15.1. The summed E-state index contributed by atoms with van der Waals surface area (Å²) in [5, 5.41) is 3.73. The number of carbonyl (C=O) groups is 1. The Balaban J connectivity index is 1.64. The number of likely N-dealkylation sites (tertiary alicyclic amines) is 1. The number of rotatable bonds is 6. The molecular formula is C14H27N3OS. The smallest absolute Gasteiger partial charge is 0.236 e. The van der Waals surface area contributed by atoms with Crippen LogP contribution in [-0.2, 0) is 4.79 Å². The second-order valence-electron chi connectivity index (χ2n) is 6.11. The predicted octanol–water partition coefficient (Wildman–Crippen LogP) is 1.02. The van der Waals surface area contributed by atoms with Crippen molar-refractivity contribution in [1.82, 2.24) is 15.1 Å². The first-order chi connectivity index (χ1) is 9.04. The Morgan fingerprint density at radius 2 is 2.00 bits per heavy atom. The Labute approximate surface area is 121 Å². The number of carbonyl (C=O) groups excluding carboxylic acids is 1. The number of hydrogen-bond donors (Lipinski definition) is 1. The van der Waals surface area contributed by atoms with E-state index in [9.17, 15) is 4.79 Å². The third-order valence-electron chi connectivity index (χ3n) is 4.40. The van der Waals surface area contributed by atoms with Crippen molar-refractivity contribution >= 4 is 17.7 Å². The fraction of sp³-hybridized carbons (Fsp3) is 0.929. The maximum absolute atomic E-state index is 11.7. The van der Waals surface area contributed by atoms with Crippen molar-refractivity contribution in [2.75, 3.05) is 46.5 Å². The van der Waals surface area contributed by atoms with E-state index >= 15 is 0 Å². The van der Waals surface area contributed by atoms with Crippen LogP contribution in [0.2, 0.25) is 0 Å². The molecule has 1 aliphatic carbocycles. The molecule has 0 atom stereocenters. The van der Waals surface area contributed by atoms with Gasteiger partial charge in [-0.3, -0.25) is 9.69 Å². The second-order valence-corrected chi connectivity index (χ2v) is 7.38. The first-order valence-electron chi connectivity index (χ1n) is 7.26. The molecule has 0 aromatic carbocycles. The summed E-state index contributed by atoms with van der Waals surface area (Å²) < 4.78 is 0.554. The molecule has 0 bridgehead atoms. The monoisotopic (exact) mass is 285 g/mol. The van der Waals surface area contributed by atoms with Gasteiger partial charge in [-0.1, -0.05) is 0 Å². The summed E-state index contributed by atoms with van der Waals surface area (Å²) in [4.78, 5) is 15.6. The molecule has 1 heterocycles. The van der Waals surface area contributed by atoms with Crippen LogP contribution in [0.15, 0.2) is 0 Å². The third kappa shape index (κ3) is 4.36. The van der Waals surface area contributed by atoms with E-state index in [-0.39, 0.29) is 5.91 Å². The highest BCUT2D eigenvalue weighted by atomic mass is 32.2. The van der Waals surface area contributed by atoms with E-state index in [0.717, 1.165) is 19.6 Å². The minimum Gasteiger partial charge on any atom is -0.348 e. The van der Waals surface area contributed by atoms with E-state index in [4.69, 9.17) is 0 Å². The van der Waals surface area contributed by atoms with Gasteiger partial charge in [0, 0.05) is 44.5 Å². The number of nitrogens with one attached hydrogen (secondary N) is 1. The summed E-state index contributed by atoms with van der Waals surface area (Å²) in [5.41, 5.74) is 0. The number of piperidine rings is 1. The Morgan fingerprint density at radius 3 is 2.47 bits per heavy atom. The summed E-state index contributed by atoms with van der Waals surface area (Å²) in [6.45, 7) is 3.83. The van der Waals surface area contributed by atoms with Crippen molar-refractivity contribution in [3.05, 3.63) is 0 Å². The zero-order valence-electron chi connectivity index (χ0n) is 12.4. The van der Waals surface area contributed by atoms with Crippen LogP contribution >= 0.6 is 11.8 Å². The molecule has 2 aliphatic rings. The van der Waals surface area contributed by atoms with Crippen molar-refractivity contribution in [3.8, 4) is 0 Å². The van der Waals surface area contributed by atoms with E-state index in [1.54, 1.807) is 4.90 Å². The van der Waals surface area contributed by atoms with E-state index in [2.05, 4.69) is 16.5 Å². The second kappa shape index (κ2) is 6.46. The van der Waals surface area contributed by atoms with Crippen LogP contribution in [0.25, 0.3) is 0 Å². The molecule has 0 spiro atoms. The van der Waals surface area contributed by atoms with Crippen LogP contribution in [0.5, 0.6) is 0 Å². The molecule has 0 aromatic rings. The molecule has 19 heavy (non-hydrogen) atoms. The molecule has 2 fully saturated rings. The van der Waals surface area contributed by atoms with Crippen molar-refractivity contribution in [2.45, 2.75) is 36.5 Å². The average Bonchev–Trinajstić information content (AvgIpc) is 3.18. The van der Waals surface area contributed by atoms with E-state index < -0.39 is 0 Å². The van der Waals surface area contributed by atoms with Crippen LogP contribution in [-0.4, -0.2) is 73.0 Å². The molecule has 1 amide bonds. The van der Waals surface area contributed by atoms with Crippen molar-refractivity contribution in [2.24, 2.45) is 0 Å². The Hall–Kier alpha value is -0.260. The van der Waals surface area contributed by atoms with E-state index in [0.29, 0.717) is 17.3 Å². The molecule has 1 saturated carbocycles. The number of thioether (sulfide) groups is 1. The van der Waals surface area contributed by atoms with Gasteiger partial charge in [-0.25, -0.2) is 0 Å².